The Morgan fingerprint density at radius 1 is 1.04 bits per heavy atom. The lowest BCUT2D eigenvalue weighted by molar-refractivity contribution is 0.119. The van der Waals surface area contributed by atoms with E-state index in [1.807, 2.05) is 25.2 Å². The molecule has 0 N–H and O–H groups in total. The van der Waals surface area contributed by atoms with Crippen molar-refractivity contribution in [2.75, 3.05) is 27.5 Å². The Kier molecular flexibility index (Phi) is 4.69. The van der Waals surface area contributed by atoms with Gasteiger partial charge < -0.3 is 14.2 Å². The Morgan fingerprint density at radius 3 is 2.58 bits per heavy atom. The van der Waals surface area contributed by atoms with Crippen molar-refractivity contribution in [1.29, 1.82) is 0 Å². The summed E-state index contributed by atoms with van der Waals surface area (Å²) in [5.41, 5.74) is 4.58. The highest BCUT2D eigenvalue weighted by Gasteiger charge is 2.23. The topological polar surface area (TPSA) is 30.9 Å². The number of ether oxygens (including phenoxy) is 3. The van der Waals surface area contributed by atoms with Crippen LogP contribution in [0.2, 0.25) is 0 Å². The minimum atomic E-state index is 0. The minimum absolute atomic E-state index is 0. The lowest BCUT2D eigenvalue weighted by Gasteiger charge is -2.29. The van der Waals surface area contributed by atoms with Crippen molar-refractivity contribution >= 4 is 24.1 Å². The van der Waals surface area contributed by atoms with E-state index in [0.29, 0.717) is 13.3 Å². The van der Waals surface area contributed by atoms with Gasteiger partial charge in [-0.2, -0.15) is 0 Å². The fraction of sp³-hybridized carbons (Fsp3) is 0.263. The predicted molar refractivity (Wildman–Crippen MR) is 97.0 cm³/mol. The van der Waals surface area contributed by atoms with Gasteiger partial charge in [-0.25, -0.2) is 0 Å². The molecule has 0 unspecified atom stereocenters. The average molecular weight is 346 g/mol. The van der Waals surface area contributed by atoms with Crippen LogP contribution in [0, 0.1) is 0 Å². The number of hydrogen-bond donors (Lipinski definition) is 0. The van der Waals surface area contributed by atoms with E-state index < -0.39 is 0 Å². The molecule has 2 heterocycles. The van der Waals surface area contributed by atoms with Crippen LogP contribution in [0.25, 0.3) is 11.6 Å². The molecular formula is C19H20ClNO3. The molecular weight excluding hydrogens is 326 g/mol. The van der Waals surface area contributed by atoms with Gasteiger partial charge in [0.1, 0.15) is 30.6 Å². The molecule has 4 nitrogen and oxygen atoms in total. The van der Waals surface area contributed by atoms with E-state index in [4.69, 9.17) is 14.2 Å². The molecule has 2 aromatic rings. The van der Waals surface area contributed by atoms with E-state index in [9.17, 15) is 0 Å². The highest BCUT2D eigenvalue weighted by Crippen LogP contribution is 2.40. The van der Waals surface area contributed by atoms with Crippen LogP contribution in [0.4, 0.5) is 0 Å². The van der Waals surface area contributed by atoms with E-state index in [2.05, 4.69) is 29.2 Å². The van der Waals surface area contributed by atoms with Gasteiger partial charge in [-0.05, 0) is 48.5 Å². The first-order valence-corrected chi connectivity index (χ1v) is 7.69. The van der Waals surface area contributed by atoms with E-state index in [0.717, 1.165) is 40.5 Å². The van der Waals surface area contributed by atoms with Gasteiger partial charge in [0.2, 0.25) is 0 Å². The van der Waals surface area contributed by atoms with E-state index in [1.54, 1.807) is 7.11 Å². The molecule has 0 saturated heterocycles. The summed E-state index contributed by atoms with van der Waals surface area (Å²) in [5.74, 6) is 2.75. The van der Waals surface area contributed by atoms with Crippen LogP contribution in [0.15, 0.2) is 36.4 Å². The zero-order valence-corrected chi connectivity index (χ0v) is 14.6. The normalized spacial score (nSPS) is 15.8. The molecule has 0 aliphatic carbocycles. The Labute approximate surface area is 148 Å². The van der Waals surface area contributed by atoms with E-state index in [-0.39, 0.29) is 12.4 Å². The lowest BCUT2D eigenvalue weighted by atomic mass is 9.98. The molecule has 0 aromatic heterocycles. The molecule has 0 amide bonds. The van der Waals surface area contributed by atoms with Crippen LogP contribution in [0.3, 0.4) is 0 Å². The van der Waals surface area contributed by atoms with Crippen molar-refractivity contribution in [2.45, 2.75) is 6.54 Å². The molecule has 2 aromatic carbocycles. The number of fused-ring (bicyclic) bond motifs is 3. The standard InChI is InChI=1S/C19H19NO3.ClH/c1-20-10-17-18(23-12-20)8-5-14-9-15(11-22-19(14)17)13-3-6-16(21-2)7-4-13;/h3-9H,10-12H2,1-2H3;1H. The van der Waals surface area contributed by atoms with Crippen molar-refractivity contribution in [3.63, 3.8) is 0 Å². The third-order valence-electron chi connectivity index (χ3n) is 4.28. The number of methoxy groups -OCH3 is 1. The number of nitrogens with zero attached hydrogens (tertiary/aromatic N) is 1. The molecule has 126 valence electrons. The van der Waals surface area contributed by atoms with Gasteiger partial charge in [-0.1, -0.05) is 12.1 Å². The Hall–Kier alpha value is -2.17. The molecule has 0 radical (unpaired) electrons. The minimum Gasteiger partial charge on any atom is -0.497 e. The summed E-state index contributed by atoms with van der Waals surface area (Å²) in [7, 11) is 3.72. The molecule has 4 rings (SSSR count). The SMILES string of the molecule is COc1ccc(C2=Cc3ccc4c(c3OC2)CN(C)CO4)cc1.Cl. The van der Waals surface area contributed by atoms with Crippen molar-refractivity contribution in [3.05, 3.63) is 53.1 Å². The first-order chi connectivity index (χ1) is 11.2. The fourth-order valence-electron chi connectivity index (χ4n) is 3.04. The van der Waals surface area contributed by atoms with Crippen molar-refractivity contribution in [1.82, 2.24) is 4.90 Å². The molecule has 0 fully saturated rings. The second-order valence-corrected chi connectivity index (χ2v) is 5.93. The Balaban J connectivity index is 0.00000169. The third kappa shape index (κ3) is 2.95. The van der Waals surface area contributed by atoms with Gasteiger partial charge in [0, 0.05) is 12.1 Å². The largest absolute Gasteiger partial charge is 0.497 e. The maximum atomic E-state index is 6.09. The zero-order chi connectivity index (χ0) is 15.8. The van der Waals surface area contributed by atoms with Crippen LogP contribution >= 0.6 is 12.4 Å². The van der Waals surface area contributed by atoms with Crippen molar-refractivity contribution in [2.24, 2.45) is 0 Å². The average Bonchev–Trinajstić information content (AvgIpc) is 2.61. The third-order valence-corrected chi connectivity index (χ3v) is 4.28. The molecule has 2 aliphatic heterocycles. The second-order valence-electron chi connectivity index (χ2n) is 5.93. The smallest absolute Gasteiger partial charge is 0.142 e. The maximum absolute atomic E-state index is 6.09. The van der Waals surface area contributed by atoms with Gasteiger partial charge in [-0.15, -0.1) is 12.4 Å². The summed E-state index contributed by atoms with van der Waals surface area (Å²) in [6.45, 7) is 2.04. The van der Waals surface area contributed by atoms with Gasteiger partial charge in [-0.3, -0.25) is 4.90 Å². The molecule has 0 bridgehead atoms. The molecule has 0 saturated carbocycles. The number of rotatable bonds is 2. The van der Waals surface area contributed by atoms with E-state index in [1.165, 1.54) is 5.57 Å². The first-order valence-electron chi connectivity index (χ1n) is 7.69. The summed E-state index contributed by atoms with van der Waals surface area (Å²) in [4.78, 5) is 2.13. The number of halogens is 1. The summed E-state index contributed by atoms with van der Waals surface area (Å²) in [6, 6.07) is 12.2. The predicted octanol–water partition coefficient (Wildman–Crippen LogP) is 3.83. The van der Waals surface area contributed by atoms with Gasteiger partial charge in [0.15, 0.2) is 0 Å². The quantitative estimate of drug-likeness (QED) is 0.827. The van der Waals surface area contributed by atoms with Crippen LogP contribution in [0.5, 0.6) is 17.2 Å². The maximum Gasteiger partial charge on any atom is 0.142 e. The summed E-state index contributed by atoms with van der Waals surface area (Å²) in [6.07, 6.45) is 2.20. The Morgan fingerprint density at radius 2 is 1.83 bits per heavy atom. The highest BCUT2D eigenvalue weighted by molar-refractivity contribution is 5.86. The van der Waals surface area contributed by atoms with E-state index >= 15 is 0 Å². The van der Waals surface area contributed by atoms with Gasteiger partial charge in [0.05, 0.1) is 12.7 Å². The molecule has 2 aliphatic rings. The van der Waals surface area contributed by atoms with Gasteiger partial charge >= 0.3 is 0 Å². The lowest BCUT2D eigenvalue weighted by Crippen LogP contribution is -2.29. The van der Waals surface area contributed by atoms with Gasteiger partial charge in [0.25, 0.3) is 0 Å². The highest BCUT2D eigenvalue weighted by atomic mass is 35.5. The molecule has 0 spiro atoms. The number of benzene rings is 2. The number of hydrogen-bond acceptors (Lipinski definition) is 4. The first kappa shape index (κ1) is 16.7. The monoisotopic (exact) mass is 345 g/mol. The summed E-state index contributed by atoms with van der Waals surface area (Å²) < 4.78 is 17.1. The molecule has 5 heteroatoms. The van der Waals surface area contributed by atoms with Crippen molar-refractivity contribution in [3.8, 4) is 17.2 Å². The fourth-order valence-corrected chi connectivity index (χ4v) is 3.04. The molecule has 24 heavy (non-hydrogen) atoms. The molecule has 0 atom stereocenters. The second kappa shape index (κ2) is 6.75. The van der Waals surface area contributed by atoms with Crippen LogP contribution in [-0.4, -0.2) is 32.4 Å². The Bertz CT molecular complexity index is 771. The van der Waals surface area contributed by atoms with Crippen LogP contribution in [-0.2, 0) is 6.54 Å². The summed E-state index contributed by atoms with van der Waals surface area (Å²) >= 11 is 0. The summed E-state index contributed by atoms with van der Waals surface area (Å²) in [5, 5.41) is 0. The van der Waals surface area contributed by atoms with Crippen LogP contribution < -0.4 is 14.2 Å². The zero-order valence-electron chi connectivity index (χ0n) is 13.7. The van der Waals surface area contributed by atoms with Crippen molar-refractivity contribution < 1.29 is 14.2 Å². The van der Waals surface area contributed by atoms with Crippen LogP contribution in [0.1, 0.15) is 16.7 Å².